The quantitative estimate of drug-likeness (QED) is 0.0705. The highest BCUT2D eigenvalue weighted by Crippen LogP contribution is 2.43. The topological polar surface area (TPSA) is 376 Å². The standard InChI is InChI=1S/C45H60O24/c1-15(2)6-11-20-22(63-45-41(34(57)29(52)24(14-47)65-45)69-43-36(59)32(55)28(51)23(13-46)64-43)12-21(48)25-30(53)39(37(66-38(20)25)18-7-9-19(60-5)10-8-18)67-44-40(33(56)27(50)17(4)62-44)68-42-35(58)31(54)26(49)16(3)61-42/h6-10,12,16-17,23-24,26-29,31-36,40-52,54-59H,11,13-14H2,1-5H3/t16?,17?,23?,24?,26-,27-,28+,29+,31?,32-,33?,34-,35-,36?,40-,41?,42-,43-,44-,45+/m0/s1. The summed E-state index contributed by atoms with van der Waals surface area (Å²) in [6.45, 7) is 4.63. The Morgan fingerprint density at radius 3 is 1.70 bits per heavy atom. The highest BCUT2D eigenvalue weighted by Gasteiger charge is 2.53. The van der Waals surface area contributed by atoms with Crippen molar-refractivity contribution in [3.05, 3.63) is 57.8 Å². The lowest BCUT2D eigenvalue weighted by Crippen LogP contribution is -2.65. The van der Waals surface area contributed by atoms with Crippen LogP contribution in [0.1, 0.15) is 33.3 Å². The molecule has 0 bridgehead atoms. The molecule has 20 atom stereocenters. The van der Waals surface area contributed by atoms with Crippen LogP contribution < -0.4 is 19.6 Å². The van der Waals surface area contributed by atoms with Gasteiger partial charge in [-0.25, -0.2) is 0 Å². The van der Waals surface area contributed by atoms with Crippen LogP contribution in [0.3, 0.4) is 0 Å². The maximum atomic E-state index is 15.0. The second-order valence-electron chi connectivity index (χ2n) is 17.6. The number of aliphatic hydroxyl groups excluding tert-OH is 12. The van der Waals surface area contributed by atoms with Gasteiger partial charge in [-0.05, 0) is 58.4 Å². The molecule has 4 aliphatic heterocycles. The number of phenolic OH excluding ortho intramolecular Hbond substituents is 1. The number of benzene rings is 2. The highest BCUT2D eigenvalue weighted by molar-refractivity contribution is 5.91. The van der Waals surface area contributed by atoms with E-state index in [0.717, 1.165) is 11.6 Å². The number of hydrogen-bond donors (Lipinski definition) is 13. The van der Waals surface area contributed by atoms with Crippen LogP contribution in [0.15, 0.2) is 51.2 Å². The third-order valence-corrected chi connectivity index (χ3v) is 12.6. The minimum absolute atomic E-state index is 0.0550. The minimum Gasteiger partial charge on any atom is -0.507 e. The first kappa shape index (κ1) is 52.7. The third-order valence-electron chi connectivity index (χ3n) is 12.6. The van der Waals surface area contributed by atoms with Crippen molar-refractivity contribution in [2.75, 3.05) is 20.3 Å². The molecule has 7 rings (SSSR count). The maximum Gasteiger partial charge on any atom is 0.239 e. The van der Waals surface area contributed by atoms with Crippen LogP contribution in [-0.4, -0.2) is 210 Å². The number of allylic oxidation sites excluding steroid dienone is 2. The summed E-state index contributed by atoms with van der Waals surface area (Å²) in [6.07, 6.45) is -32.5. The zero-order chi connectivity index (χ0) is 50.3. The second-order valence-corrected chi connectivity index (χ2v) is 17.6. The van der Waals surface area contributed by atoms with E-state index in [1.165, 1.54) is 45.2 Å². The number of ether oxygens (including phenoxy) is 9. The van der Waals surface area contributed by atoms with Crippen molar-refractivity contribution in [1.82, 2.24) is 0 Å². The van der Waals surface area contributed by atoms with Crippen LogP contribution in [0.2, 0.25) is 0 Å². The van der Waals surface area contributed by atoms with Gasteiger partial charge in [0.05, 0.1) is 32.5 Å². The van der Waals surface area contributed by atoms with E-state index < -0.39 is 158 Å². The van der Waals surface area contributed by atoms with Gasteiger partial charge in [-0.3, -0.25) is 4.79 Å². The lowest BCUT2D eigenvalue weighted by molar-refractivity contribution is -0.357. The van der Waals surface area contributed by atoms with E-state index in [0.29, 0.717) is 5.75 Å². The molecule has 0 aliphatic carbocycles. The Bertz CT molecular complexity index is 2300. The maximum absolute atomic E-state index is 15.0. The van der Waals surface area contributed by atoms with E-state index in [4.69, 9.17) is 47.0 Å². The normalized spacial score (nSPS) is 38.4. The molecular weight excluding hydrogens is 924 g/mol. The van der Waals surface area contributed by atoms with E-state index in [9.17, 15) is 66.4 Å². The van der Waals surface area contributed by atoms with Gasteiger partial charge in [0.1, 0.15) is 101 Å². The molecule has 13 N–H and O–H groups in total. The molecule has 0 saturated carbocycles. The molecule has 4 aliphatic rings. The molecule has 3 aromatic rings. The summed E-state index contributed by atoms with van der Waals surface area (Å²) in [4.78, 5) is 15.0. The number of hydrogen-bond acceptors (Lipinski definition) is 24. The zero-order valence-electron chi connectivity index (χ0n) is 37.9. The highest BCUT2D eigenvalue weighted by atomic mass is 16.8. The van der Waals surface area contributed by atoms with Gasteiger partial charge in [0, 0.05) is 17.2 Å². The number of rotatable bonds is 14. The molecule has 0 spiro atoms. The smallest absolute Gasteiger partial charge is 0.239 e. The molecule has 8 unspecified atom stereocenters. The summed E-state index contributed by atoms with van der Waals surface area (Å²) in [7, 11) is 1.42. The molecular formula is C45H60O24. The third kappa shape index (κ3) is 10.5. The van der Waals surface area contributed by atoms with E-state index in [1.807, 2.05) is 0 Å². The zero-order valence-corrected chi connectivity index (χ0v) is 37.9. The van der Waals surface area contributed by atoms with Gasteiger partial charge in [-0.15, -0.1) is 0 Å². The number of fused-ring (bicyclic) bond motifs is 1. The van der Waals surface area contributed by atoms with Crippen molar-refractivity contribution in [1.29, 1.82) is 0 Å². The molecule has 5 heterocycles. The molecule has 0 radical (unpaired) electrons. The SMILES string of the molecule is COc1ccc(-c2oc3c(CC=C(C)C)c(O[C@@H]4OC(CO)[C@@H](O)[C@H](O)C4O[C@@H]4OC(CO)[C@@H](O)[C@H](O)C4O)cc(O)c3c(=O)c2O[C@@H]2OC(C)[C@H](O)C(O)[C@@H]2O[C@@H]2OC(C)[C@H](O)C(O)[C@@H]2O)cc1. The number of phenols is 1. The first-order valence-electron chi connectivity index (χ1n) is 22.1. The molecule has 4 fully saturated rings. The largest absolute Gasteiger partial charge is 0.507 e. The fourth-order valence-corrected chi connectivity index (χ4v) is 8.40. The summed E-state index contributed by atoms with van der Waals surface area (Å²) in [6, 6.07) is 7.07. The average Bonchev–Trinajstić information content (AvgIpc) is 3.32. The lowest BCUT2D eigenvalue weighted by atomic mass is 9.97. The molecule has 1 aromatic heterocycles. The van der Waals surface area contributed by atoms with E-state index in [2.05, 4.69) is 0 Å². The van der Waals surface area contributed by atoms with Gasteiger partial charge in [0.2, 0.25) is 23.8 Å². The predicted octanol–water partition coefficient (Wildman–Crippen LogP) is -3.26. The van der Waals surface area contributed by atoms with Crippen molar-refractivity contribution < 1.29 is 113 Å². The molecule has 0 amide bonds. The number of methoxy groups -OCH3 is 1. The summed E-state index contributed by atoms with van der Waals surface area (Å²) < 4.78 is 59.0. The minimum atomic E-state index is -1.97. The fraction of sp³-hybridized carbons (Fsp3) is 0.622. The second kappa shape index (κ2) is 21.7. The Kier molecular flexibility index (Phi) is 16.6. The molecule has 2 aromatic carbocycles. The Hall–Kier alpha value is -4.13. The van der Waals surface area contributed by atoms with Crippen LogP contribution in [0, 0.1) is 0 Å². The molecule has 24 nitrogen and oxygen atoms in total. The van der Waals surface area contributed by atoms with Crippen LogP contribution in [0.5, 0.6) is 23.0 Å². The van der Waals surface area contributed by atoms with Crippen LogP contribution in [0.4, 0.5) is 0 Å². The molecule has 384 valence electrons. The Morgan fingerprint density at radius 1 is 0.638 bits per heavy atom. The van der Waals surface area contributed by atoms with Crippen molar-refractivity contribution in [2.45, 2.75) is 157 Å². The lowest BCUT2D eigenvalue weighted by Gasteiger charge is -2.45. The van der Waals surface area contributed by atoms with E-state index in [-0.39, 0.29) is 34.6 Å². The number of aliphatic hydroxyl groups is 12. The van der Waals surface area contributed by atoms with Gasteiger partial charge < -0.3 is 113 Å². The van der Waals surface area contributed by atoms with Crippen LogP contribution in [0.25, 0.3) is 22.3 Å². The Labute approximate surface area is 393 Å². The summed E-state index contributed by atoms with van der Waals surface area (Å²) in [5.41, 5.74) is -0.338. The molecule has 24 heteroatoms. The van der Waals surface area contributed by atoms with Gasteiger partial charge in [0.15, 0.2) is 30.5 Å². The average molecular weight is 985 g/mol. The van der Waals surface area contributed by atoms with Crippen molar-refractivity contribution in [3.63, 3.8) is 0 Å². The Balaban J connectivity index is 1.35. The van der Waals surface area contributed by atoms with Crippen LogP contribution >= 0.6 is 0 Å². The summed E-state index contributed by atoms with van der Waals surface area (Å²) >= 11 is 0. The molecule has 69 heavy (non-hydrogen) atoms. The summed E-state index contributed by atoms with van der Waals surface area (Å²) in [5, 5.41) is 139. The van der Waals surface area contributed by atoms with Gasteiger partial charge in [0.25, 0.3) is 0 Å². The van der Waals surface area contributed by atoms with Crippen molar-refractivity contribution in [3.8, 4) is 34.3 Å². The first-order valence-corrected chi connectivity index (χ1v) is 22.1. The van der Waals surface area contributed by atoms with E-state index in [1.54, 1.807) is 19.9 Å². The fourth-order valence-electron chi connectivity index (χ4n) is 8.40. The van der Waals surface area contributed by atoms with Crippen molar-refractivity contribution in [2.24, 2.45) is 0 Å². The van der Waals surface area contributed by atoms with Gasteiger partial charge >= 0.3 is 0 Å². The Morgan fingerprint density at radius 2 is 1.13 bits per heavy atom. The number of aromatic hydroxyl groups is 1. The monoisotopic (exact) mass is 984 g/mol. The van der Waals surface area contributed by atoms with Crippen LogP contribution in [-0.2, 0) is 34.8 Å². The predicted molar refractivity (Wildman–Crippen MR) is 231 cm³/mol. The molecule has 4 saturated heterocycles. The van der Waals surface area contributed by atoms with E-state index >= 15 is 4.79 Å². The first-order chi connectivity index (χ1) is 32.7. The van der Waals surface area contributed by atoms with Crippen molar-refractivity contribution >= 4 is 11.0 Å². The van der Waals surface area contributed by atoms with Gasteiger partial charge in [-0.1, -0.05) is 11.6 Å². The summed E-state index contributed by atoms with van der Waals surface area (Å²) in [5.74, 6) is -1.60. The van der Waals surface area contributed by atoms with Gasteiger partial charge in [-0.2, -0.15) is 0 Å².